The Bertz CT molecular complexity index is 551. The summed E-state index contributed by atoms with van der Waals surface area (Å²) in [5, 5.41) is 3.20. The van der Waals surface area contributed by atoms with Gasteiger partial charge in [-0.25, -0.2) is 4.98 Å². The summed E-state index contributed by atoms with van der Waals surface area (Å²) in [6.45, 7) is 6.70. The molecule has 1 unspecified atom stereocenters. The smallest absolute Gasteiger partial charge is 0.119 e. The lowest BCUT2D eigenvalue weighted by Gasteiger charge is -2.14. The number of rotatable bonds is 6. The average Bonchev–Trinajstić information content (AvgIpc) is 2.82. The third-order valence-corrected chi connectivity index (χ3v) is 4.15. The minimum absolute atomic E-state index is 0.192. The van der Waals surface area contributed by atoms with E-state index in [-0.39, 0.29) is 12.0 Å². The first kappa shape index (κ1) is 15.0. The second-order valence-corrected chi connectivity index (χ2v) is 6.17. The van der Waals surface area contributed by atoms with Crippen LogP contribution in [0, 0.1) is 6.92 Å². The van der Waals surface area contributed by atoms with Crippen LogP contribution in [0.15, 0.2) is 29.6 Å². The lowest BCUT2D eigenvalue weighted by atomic mass is 10.00. The van der Waals surface area contributed by atoms with Crippen LogP contribution in [0.25, 0.3) is 0 Å². The van der Waals surface area contributed by atoms with E-state index in [1.807, 2.05) is 32.9 Å². The first-order chi connectivity index (χ1) is 9.58. The van der Waals surface area contributed by atoms with Gasteiger partial charge in [0.15, 0.2) is 0 Å². The molecule has 0 saturated heterocycles. The number of benzene rings is 1. The Labute approximate surface area is 124 Å². The van der Waals surface area contributed by atoms with E-state index in [0.717, 1.165) is 22.9 Å². The molecule has 20 heavy (non-hydrogen) atoms. The molecule has 1 aromatic heterocycles. The highest BCUT2D eigenvalue weighted by Gasteiger charge is 2.14. The highest BCUT2D eigenvalue weighted by molar-refractivity contribution is 7.09. The Morgan fingerprint density at radius 3 is 2.75 bits per heavy atom. The maximum atomic E-state index is 5.92. The van der Waals surface area contributed by atoms with E-state index in [9.17, 15) is 0 Å². The number of ether oxygens (including phenoxy) is 1. The maximum absolute atomic E-state index is 5.92. The second-order valence-electron chi connectivity index (χ2n) is 5.28. The molecule has 4 heteroatoms. The van der Waals surface area contributed by atoms with Gasteiger partial charge in [0.2, 0.25) is 0 Å². The SMILES string of the molecule is Cc1csc(C(CN)Cc2cccc(OC(C)C)c2)n1. The third-order valence-electron chi connectivity index (χ3n) is 3.02. The predicted octanol–water partition coefficient (Wildman–Crippen LogP) is 3.52. The van der Waals surface area contributed by atoms with E-state index in [0.29, 0.717) is 6.54 Å². The van der Waals surface area contributed by atoms with Crippen molar-refractivity contribution >= 4 is 11.3 Å². The molecule has 0 aliphatic carbocycles. The van der Waals surface area contributed by atoms with Gasteiger partial charge in [0.25, 0.3) is 0 Å². The zero-order valence-electron chi connectivity index (χ0n) is 12.3. The number of aromatic nitrogens is 1. The summed E-state index contributed by atoms with van der Waals surface area (Å²) in [7, 11) is 0. The van der Waals surface area contributed by atoms with Crippen molar-refractivity contribution in [2.45, 2.75) is 39.2 Å². The topological polar surface area (TPSA) is 48.1 Å². The molecular weight excluding hydrogens is 268 g/mol. The van der Waals surface area contributed by atoms with Gasteiger partial charge in [-0.1, -0.05) is 12.1 Å². The van der Waals surface area contributed by atoms with Gasteiger partial charge in [0.05, 0.1) is 11.1 Å². The summed E-state index contributed by atoms with van der Waals surface area (Å²) in [4.78, 5) is 4.56. The van der Waals surface area contributed by atoms with Gasteiger partial charge in [-0.05, 0) is 44.9 Å². The lowest BCUT2D eigenvalue weighted by Crippen LogP contribution is -2.15. The van der Waals surface area contributed by atoms with Crippen molar-refractivity contribution in [1.29, 1.82) is 0 Å². The summed E-state index contributed by atoms with van der Waals surface area (Å²) in [5.41, 5.74) is 8.23. The van der Waals surface area contributed by atoms with E-state index in [1.165, 1.54) is 5.56 Å². The second kappa shape index (κ2) is 6.86. The van der Waals surface area contributed by atoms with Gasteiger partial charge in [-0.3, -0.25) is 0 Å². The van der Waals surface area contributed by atoms with Crippen LogP contribution in [-0.4, -0.2) is 17.6 Å². The van der Waals surface area contributed by atoms with Crippen LogP contribution < -0.4 is 10.5 Å². The standard InChI is InChI=1S/C16H22N2OS/c1-11(2)19-15-6-4-5-13(8-15)7-14(9-17)16-18-12(3)10-20-16/h4-6,8,10-11,14H,7,9,17H2,1-3H3. The Balaban J connectivity index is 2.11. The van der Waals surface area contributed by atoms with Crippen molar-refractivity contribution in [3.63, 3.8) is 0 Å². The predicted molar refractivity (Wildman–Crippen MR) is 84.6 cm³/mol. The molecule has 1 atom stereocenters. The average molecular weight is 290 g/mol. The highest BCUT2D eigenvalue weighted by Crippen LogP contribution is 2.25. The van der Waals surface area contributed by atoms with Gasteiger partial charge < -0.3 is 10.5 Å². The van der Waals surface area contributed by atoms with Crippen molar-refractivity contribution in [1.82, 2.24) is 4.98 Å². The van der Waals surface area contributed by atoms with Crippen LogP contribution in [0.3, 0.4) is 0 Å². The number of hydrogen-bond donors (Lipinski definition) is 1. The van der Waals surface area contributed by atoms with Crippen LogP contribution in [0.1, 0.15) is 36.0 Å². The van der Waals surface area contributed by atoms with Gasteiger partial charge >= 0.3 is 0 Å². The fourth-order valence-corrected chi connectivity index (χ4v) is 3.05. The molecule has 0 aliphatic rings. The molecule has 0 amide bonds. The molecule has 1 heterocycles. The normalized spacial score (nSPS) is 12.7. The zero-order valence-corrected chi connectivity index (χ0v) is 13.1. The van der Waals surface area contributed by atoms with Crippen molar-refractivity contribution < 1.29 is 4.74 Å². The molecule has 2 N–H and O–H groups in total. The van der Waals surface area contributed by atoms with Crippen LogP contribution in [0.5, 0.6) is 5.75 Å². The summed E-state index contributed by atoms with van der Waals surface area (Å²) >= 11 is 1.69. The number of nitrogens with zero attached hydrogens (tertiary/aromatic N) is 1. The number of nitrogens with two attached hydrogens (primary N) is 1. The van der Waals surface area contributed by atoms with E-state index in [4.69, 9.17) is 10.5 Å². The van der Waals surface area contributed by atoms with Crippen molar-refractivity contribution in [3.8, 4) is 5.75 Å². The van der Waals surface area contributed by atoms with E-state index in [1.54, 1.807) is 11.3 Å². The highest BCUT2D eigenvalue weighted by atomic mass is 32.1. The fraction of sp³-hybridized carbons (Fsp3) is 0.438. The Kier molecular flexibility index (Phi) is 5.15. The van der Waals surface area contributed by atoms with Crippen molar-refractivity contribution in [3.05, 3.63) is 45.9 Å². The minimum Gasteiger partial charge on any atom is -0.491 e. The number of thiazole rings is 1. The number of hydrogen-bond acceptors (Lipinski definition) is 4. The first-order valence-corrected chi connectivity index (χ1v) is 7.84. The van der Waals surface area contributed by atoms with Crippen LogP contribution in [0.2, 0.25) is 0 Å². The molecular formula is C16H22N2OS. The Morgan fingerprint density at radius 2 is 2.15 bits per heavy atom. The molecule has 0 fully saturated rings. The van der Waals surface area contributed by atoms with Crippen molar-refractivity contribution in [2.24, 2.45) is 5.73 Å². The zero-order chi connectivity index (χ0) is 14.5. The molecule has 2 aromatic rings. The molecule has 0 spiro atoms. The minimum atomic E-state index is 0.192. The maximum Gasteiger partial charge on any atom is 0.119 e. The van der Waals surface area contributed by atoms with E-state index >= 15 is 0 Å². The van der Waals surface area contributed by atoms with Crippen LogP contribution in [-0.2, 0) is 6.42 Å². The van der Waals surface area contributed by atoms with E-state index < -0.39 is 0 Å². The van der Waals surface area contributed by atoms with Gasteiger partial charge in [0, 0.05) is 23.5 Å². The molecule has 0 bridgehead atoms. The summed E-state index contributed by atoms with van der Waals surface area (Å²) in [6, 6.07) is 8.25. The first-order valence-electron chi connectivity index (χ1n) is 6.96. The van der Waals surface area contributed by atoms with Gasteiger partial charge in [-0.15, -0.1) is 11.3 Å². The van der Waals surface area contributed by atoms with Gasteiger partial charge in [0.1, 0.15) is 5.75 Å². The van der Waals surface area contributed by atoms with Crippen LogP contribution in [0.4, 0.5) is 0 Å². The summed E-state index contributed by atoms with van der Waals surface area (Å²) < 4.78 is 5.74. The van der Waals surface area contributed by atoms with Gasteiger partial charge in [-0.2, -0.15) is 0 Å². The molecule has 1 aromatic carbocycles. The summed E-state index contributed by atoms with van der Waals surface area (Å²) in [5.74, 6) is 1.20. The number of aryl methyl sites for hydroxylation is 1. The third kappa shape index (κ3) is 4.05. The molecule has 0 saturated carbocycles. The molecule has 108 valence electrons. The summed E-state index contributed by atoms with van der Waals surface area (Å²) in [6.07, 6.45) is 1.09. The molecule has 0 aliphatic heterocycles. The largest absolute Gasteiger partial charge is 0.491 e. The van der Waals surface area contributed by atoms with E-state index in [2.05, 4.69) is 22.5 Å². The molecule has 3 nitrogen and oxygen atoms in total. The van der Waals surface area contributed by atoms with Crippen LogP contribution >= 0.6 is 11.3 Å². The molecule has 2 rings (SSSR count). The Morgan fingerprint density at radius 1 is 1.35 bits per heavy atom. The Hall–Kier alpha value is -1.39. The molecule has 0 radical (unpaired) electrons. The monoisotopic (exact) mass is 290 g/mol. The fourth-order valence-electron chi connectivity index (χ4n) is 2.13. The quantitative estimate of drug-likeness (QED) is 0.885. The van der Waals surface area contributed by atoms with Crippen molar-refractivity contribution in [2.75, 3.05) is 6.54 Å². The lowest BCUT2D eigenvalue weighted by molar-refractivity contribution is 0.242.